The molecule has 4 heteroatoms. The molecule has 1 aliphatic heterocycles. The standard InChI is InChI=1S/C12H16N2O2/c15-11-3-1-9(2-4-11)7-14-12(16)10-5-6-13-8-10/h1-4,10,13,15H,5-8H2,(H,14,16). The van der Waals surface area contributed by atoms with Crippen molar-refractivity contribution in [2.45, 2.75) is 13.0 Å². The fraction of sp³-hybridized carbons (Fsp3) is 0.417. The summed E-state index contributed by atoms with van der Waals surface area (Å²) in [5, 5.41) is 15.2. The molecule has 3 N–H and O–H groups in total. The lowest BCUT2D eigenvalue weighted by Gasteiger charge is -2.09. The third-order valence-electron chi connectivity index (χ3n) is 2.83. The summed E-state index contributed by atoms with van der Waals surface area (Å²) in [7, 11) is 0. The second-order valence-corrected chi connectivity index (χ2v) is 4.07. The van der Waals surface area contributed by atoms with E-state index in [0.29, 0.717) is 6.54 Å². The summed E-state index contributed by atoms with van der Waals surface area (Å²) >= 11 is 0. The van der Waals surface area contributed by atoms with E-state index in [9.17, 15) is 4.79 Å². The predicted molar refractivity (Wildman–Crippen MR) is 60.9 cm³/mol. The molecular formula is C12H16N2O2. The smallest absolute Gasteiger partial charge is 0.224 e. The second-order valence-electron chi connectivity index (χ2n) is 4.07. The number of hydrogen-bond acceptors (Lipinski definition) is 3. The quantitative estimate of drug-likeness (QED) is 0.699. The molecule has 1 amide bonds. The first-order valence-corrected chi connectivity index (χ1v) is 5.52. The molecular weight excluding hydrogens is 204 g/mol. The van der Waals surface area contributed by atoms with Gasteiger partial charge in [-0.05, 0) is 30.7 Å². The van der Waals surface area contributed by atoms with E-state index in [2.05, 4.69) is 10.6 Å². The summed E-state index contributed by atoms with van der Waals surface area (Å²) in [6.07, 6.45) is 0.918. The number of carbonyl (C=O) groups excluding carboxylic acids is 1. The number of carbonyl (C=O) groups is 1. The third kappa shape index (κ3) is 2.73. The Hall–Kier alpha value is -1.55. The Morgan fingerprint density at radius 2 is 2.19 bits per heavy atom. The first-order chi connectivity index (χ1) is 7.75. The first-order valence-electron chi connectivity index (χ1n) is 5.52. The van der Waals surface area contributed by atoms with Crippen LogP contribution < -0.4 is 10.6 Å². The lowest BCUT2D eigenvalue weighted by Crippen LogP contribution is -2.31. The Morgan fingerprint density at radius 3 is 2.81 bits per heavy atom. The van der Waals surface area contributed by atoms with Crippen LogP contribution in [0.4, 0.5) is 0 Å². The van der Waals surface area contributed by atoms with Gasteiger partial charge in [0.1, 0.15) is 5.75 Å². The van der Waals surface area contributed by atoms with Crippen molar-refractivity contribution in [3.05, 3.63) is 29.8 Å². The highest BCUT2D eigenvalue weighted by Crippen LogP contribution is 2.10. The van der Waals surface area contributed by atoms with Crippen LogP contribution in [-0.2, 0) is 11.3 Å². The number of rotatable bonds is 3. The number of benzene rings is 1. The molecule has 0 aliphatic carbocycles. The van der Waals surface area contributed by atoms with E-state index in [1.165, 1.54) is 0 Å². The summed E-state index contributed by atoms with van der Waals surface area (Å²) in [6, 6.07) is 6.86. The van der Waals surface area contributed by atoms with Crippen LogP contribution in [0.15, 0.2) is 24.3 Å². The van der Waals surface area contributed by atoms with Gasteiger partial charge in [0.15, 0.2) is 0 Å². The molecule has 0 aromatic heterocycles. The molecule has 1 atom stereocenters. The van der Waals surface area contributed by atoms with E-state index in [1.807, 2.05) is 12.1 Å². The molecule has 0 saturated carbocycles. The van der Waals surface area contributed by atoms with Gasteiger partial charge in [0.05, 0.1) is 5.92 Å². The summed E-state index contributed by atoms with van der Waals surface area (Å²) in [6.45, 7) is 2.23. The number of aromatic hydroxyl groups is 1. The molecule has 1 aromatic rings. The first kappa shape index (κ1) is 11.0. The van der Waals surface area contributed by atoms with Gasteiger partial charge < -0.3 is 15.7 Å². The summed E-state index contributed by atoms with van der Waals surface area (Å²) in [5.41, 5.74) is 0.997. The highest BCUT2D eigenvalue weighted by atomic mass is 16.3. The van der Waals surface area contributed by atoms with Gasteiger partial charge in [-0.2, -0.15) is 0 Å². The normalized spacial score (nSPS) is 19.6. The molecule has 1 aliphatic rings. The molecule has 1 heterocycles. The Bertz CT molecular complexity index is 356. The van der Waals surface area contributed by atoms with Crippen molar-refractivity contribution >= 4 is 5.91 Å². The van der Waals surface area contributed by atoms with Crippen molar-refractivity contribution in [1.82, 2.24) is 10.6 Å². The minimum Gasteiger partial charge on any atom is -0.508 e. The number of hydrogen-bond donors (Lipinski definition) is 3. The van der Waals surface area contributed by atoms with Gasteiger partial charge >= 0.3 is 0 Å². The van der Waals surface area contributed by atoms with Crippen LogP contribution in [0.2, 0.25) is 0 Å². The van der Waals surface area contributed by atoms with E-state index in [1.54, 1.807) is 12.1 Å². The SMILES string of the molecule is O=C(NCc1ccc(O)cc1)C1CCNC1. The Kier molecular flexibility index (Phi) is 3.41. The lowest BCUT2D eigenvalue weighted by atomic mass is 10.1. The minimum absolute atomic E-state index is 0.108. The van der Waals surface area contributed by atoms with Crippen molar-refractivity contribution < 1.29 is 9.90 Å². The molecule has 1 aromatic carbocycles. The highest BCUT2D eigenvalue weighted by Gasteiger charge is 2.21. The van der Waals surface area contributed by atoms with Crippen LogP contribution in [0, 0.1) is 5.92 Å². The molecule has 86 valence electrons. The Labute approximate surface area is 94.7 Å². The maximum absolute atomic E-state index is 11.7. The van der Waals surface area contributed by atoms with Gasteiger partial charge in [-0.3, -0.25) is 4.79 Å². The van der Waals surface area contributed by atoms with E-state index in [4.69, 9.17) is 5.11 Å². The number of nitrogens with one attached hydrogen (secondary N) is 2. The fourth-order valence-electron chi connectivity index (χ4n) is 1.83. The third-order valence-corrected chi connectivity index (χ3v) is 2.83. The van der Waals surface area contributed by atoms with Crippen molar-refractivity contribution in [2.75, 3.05) is 13.1 Å². The van der Waals surface area contributed by atoms with Gasteiger partial charge in [-0.25, -0.2) is 0 Å². The van der Waals surface area contributed by atoms with Crippen LogP contribution >= 0.6 is 0 Å². The summed E-state index contributed by atoms with van der Waals surface area (Å²) in [5.74, 6) is 0.463. The molecule has 0 spiro atoms. The van der Waals surface area contributed by atoms with Gasteiger partial charge in [0.25, 0.3) is 0 Å². The number of amides is 1. The maximum atomic E-state index is 11.7. The fourth-order valence-corrected chi connectivity index (χ4v) is 1.83. The van der Waals surface area contributed by atoms with Crippen LogP contribution in [0.5, 0.6) is 5.75 Å². The van der Waals surface area contributed by atoms with Crippen molar-refractivity contribution in [1.29, 1.82) is 0 Å². The van der Waals surface area contributed by atoms with Gasteiger partial charge in [0, 0.05) is 13.1 Å². The summed E-state index contributed by atoms with van der Waals surface area (Å²) < 4.78 is 0. The molecule has 1 fully saturated rings. The zero-order valence-electron chi connectivity index (χ0n) is 9.07. The maximum Gasteiger partial charge on any atom is 0.224 e. The second kappa shape index (κ2) is 4.99. The van der Waals surface area contributed by atoms with Crippen LogP contribution in [0.3, 0.4) is 0 Å². The molecule has 0 radical (unpaired) electrons. The van der Waals surface area contributed by atoms with E-state index < -0.39 is 0 Å². The van der Waals surface area contributed by atoms with Crippen LogP contribution in [0.1, 0.15) is 12.0 Å². The predicted octanol–water partition coefficient (Wildman–Crippen LogP) is 0.618. The largest absolute Gasteiger partial charge is 0.508 e. The van der Waals surface area contributed by atoms with Gasteiger partial charge in [-0.15, -0.1) is 0 Å². The zero-order chi connectivity index (χ0) is 11.4. The molecule has 1 unspecified atom stereocenters. The number of phenols is 1. The topological polar surface area (TPSA) is 61.4 Å². The van der Waals surface area contributed by atoms with Crippen LogP contribution in [0.25, 0.3) is 0 Å². The van der Waals surface area contributed by atoms with Gasteiger partial charge in [-0.1, -0.05) is 12.1 Å². The highest BCUT2D eigenvalue weighted by molar-refractivity contribution is 5.79. The van der Waals surface area contributed by atoms with E-state index >= 15 is 0 Å². The Balaban J connectivity index is 1.82. The minimum atomic E-state index is 0.108. The van der Waals surface area contributed by atoms with Crippen molar-refractivity contribution in [3.8, 4) is 5.75 Å². The summed E-state index contributed by atoms with van der Waals surface area (Å²) in [4.78, 5) is 11.7. The lowest BCUT2D eigenvalue weighted by molar-refractivity contribution is -0.124. The molecule has 1 saturated heterocycles. The molecule has 4 nitrogen and oxygen atoms in total. The number of phenolic OH excluding ortho intramolecular Hbond substituents is 1. The monoisotopic (exact) mass is 220 g/mol. The molecule has 0 bridgehead atoms. The van der Waals surface area contributed by atoms with E-state index in [-0.39, 0.29) is 17.6 Å². The molecule has 2 rings (SSSR count). The Morgan fingerprint density at radius 1 is 1.44 bits per heavy atom. The van der Waals surface area contributed by atoms with E-state index in [0.717, 1.165) is 25.1 Å². The average molecular weight is 220 g/mol. The van der Waals surface area contributed by atoms with Crippen LogP contribution in [-0.4, -0.2) is 24.1 Å². The van der Waals surface area contributed by atoms with Crippen molar-refractivity contribution in [2.24, 2.45) is 5.92 Å². The van der Waals surface area contributed by atoms with Crippen molar-refractivity contribution in [3.63, 3.8) is 0 Å². The van der Waals surface area contributed by atoms with Gasteiger partial charge in [0.2, 0.25) is 5.91 Å². The zero-order valence-corrected chi connectivity index (χ0v) is 9.07. The molecule has 16 heavy (non-hydrogen) atoms. The average Bonchev–Trinajstić information content (AvgIpc) is 2.81.